The van der Waals surface area contributed by atoms with Gasteiger partial charge in [-0.2, -0.15) is 5.10 Å². The molecule has 6 heteroatoms. The highest BCUT2D eigenvalue weighted by Crippen LogP contribution is 2.28. The van der Waals surface area contributed by atoms with Crippen LogP contribution in [0.1, 0.15) is 53.1 Å². The summed E-state index contributed by atoms with van der Waals surface area (Å²) in [4.78, 5) is 25.4. The second-order valence-corrected chi connectivity index (χ2v) is 7.32. The Balaban J connectivity index is 1.62. The molecule has 1 aromatic heterocycles. The number of para-hydroxylation sites is 1. The van der Waals surface area contributed by atoms with Gasteiger partial charge in [-0.05, 0) is 43.9 Å². The lowest BCUT2D eigenvalue weighted by atomic mass is 10.0. The smallest absolute Gasteiger partial charge is 0.308 e. The first kappa shape index (κ1) is 19.9. The first-order chi connectivity index (χ1) is 14.7. The lowest BCUT2D eigenvalue weighted by Gasteiger charge is -2.18. The van der Waals surface area contributed by atoms with Crippen molar-refractivity contribution in [2.75, 3.05) is 6.61 Å². The van der Waals surface area contributed by atoms with Gasteiger partial charge in [0, 0.05) is 11.3 Å². The summed E-state index contributed by atoms with van der Waals surface area (Å²) >= 11 is 0. The van der Waals surface area contributed by atoms with E-state index in [0.29, 0.717) is 12.3 Å². The maximum absolute atomic E-state index is 13.2. The van der Waals surface area contributed by atoms with Gasteiger partial charge in [-0.25, -0.2) is 4.68 Å². The molecule has 0 saturated carbocycles. The molecule has 1 N–H and O–H groups in total. The Morgan fingerprint density at radius 2 is 1.77 bits per heavy atom. The number of carbonyl (C=O) groups is 2. The van der Waals surface area contributed by atoms with Crippen LogP contribution < -0.4 is 5.32 Å². The van der Waals surface area contributed by atoms with Crippen LogP contribution in [0.2, 0.25) is 0 Å². The van der Waals surface area contributed by atoms with Crippen LogP contribution in [-0.4, -0.2) is 28.3 Å². The fraction of sp³-hybridized carbons (Fsp3) is 0.292. The van der Waals surface area contributed by atoms with E-state index in [1.807, 2.05) is 65.3 Å². The number of ether oxygens (including phenoxy) is 1. The number of benzene rings is 2. The standard InChI is InChI=1S/C24H25N3O3/c1-2-30-22(28)16-20(17-10-5-3-6-11-17)25-24(29)23-19-14-9-15-21(19)27(26-23)18-12-7-4-8-13-18/h3-8,10-13,20H,2,9,14-16H2,1H3,(H,25,29). The van der Waals surface area contributed by atoms with E-state index in [0.717, 1.165) is 41.8 Å². The highest BCUT2D eigenvalue weighted by atomic mass is 16.5. The lowest BCUT2D eigenvalue weighted by Crippen LogP contribution is -2.31. The van der Waals surface area contributed by atoms with Gasteiger partial charge in [-0.3, -0.25) is 9.59 Å². The minimum atomic E-state index is -0.475. The number of aromatic nitrogens is 2. The Bertz CT molecular complexity index is 1030. The Morgan fingerprint density at radius 1 is 1.07 bits per heavy atom. The quantitative estimate of drug-likeness (QED) is 0.609. The molecule has 6 nitrogen and oxygen atoms in total. The van der Waals surface area contributed by atoms with Crippen LogP contribution in [0, 0.1) is 0 Å². The normalized spacial score (nSPS) is 13.5. The fourth-order valence-electron chi connectivity index (χ4n) is 3.95. The van der Waals surface area contributed by atoms with E-state index in [2.05, 4.69) is 10.4 Å². The zero-order valence-corrected chi connectivity index (χ0v) is 17.0. The largest absolute Gasteiger partial charge is 0.466 e. The molecule has 1 heterocycles. The Kier molecular flexibility index (Phi) is 5.93. The van der Waals surface area contributed by atoms with E-state index in [1.54, 1.807) is 6.92 Å². The third-order valence-corrected chi connectivity index (χ3v) is 5.33. The summed E-state index contributed by atoms with van der Waals surface area (Å²) in [6.45, 7) is 2.08. The van der Waals surface area contributed by atoms with Crippen molar-refractivity contribution in [1.29, 1.82) is 0 Å². The molecule has 1 aliphatic rings. The predicted molar refractivity (Wildman–Crippen MR) is 113 cm³/mol. The van der Waals surface area contributed by atoms with Crippen molar-refractivity contribution in [3.05, 3.63) is 83.2 Å². The van der Waals surface area contributed by atoms with E-state index in [1.165, 1.54) is 0 Å². The highest BCUT2D eigenvalue weighted by molar-refractivity contribution is 5.95. The van der Waals surface area contributed by atoms with Gasteiger partial charge in [0.1, 0.15) is 0 Å². The van der Waals surface area contributed by atoms with Crippen molar-refractivity contribution in [3.8, 4) is 5.69 Å². The van der Waals surface area contributed by atoms with Crippen molar-refractivity contribution in [2.24, 2.45) is 0 Å². The number of rotatable bonds is 7. The third kappa shape index (κ3) is 4.13. The first-order valence-corrected chi connectivity index (χ1v) is 10.3. The molecule has 0 saturated heterocycles. The zero-order chi connectivity index (χ0) is 20.9. The van der Waals surface area contributed by atoms with Crippen molar-refractivity contribution < 1.29 is 14.3 Å². The zero-order valence-electron chi connectivity index (χ0n) is 17.0. The van der Waals surface area contributed by atoms with Crippen LogP contribution in [-0.2, 0) is 22.4 Å². The number of amides is 1. The van der Waals surface area contributed by atoms with Gasteiger partial charge in [-0.15, -0.1) is 0 Å². The van der Waals surface area contributed by atoms with Crippen molar-refractivity contribution in [1.82, 2.24) is 15.1 Å². The van der Waals surface area contributed by atoms with Gasteiger partial charge in [0.25, 0.3) is 5.91 Å². The van der Waals surface area contributed by atoms with Gasteiger partial charge < -0.3 is 10.1 Å². The molecule has 0 fully saturated rings. The summed E-state index contributed by atoms with van der Waals surface area (Å²) in [5.74, 6) is -0.604. The Labute approximate surface area is 175 Å². The third-order valence-electron chi connectivity index (χ3n) is 5.33. The van der Waals surface area contributed by atoms with Crippen LogP contribution in [0.5, 0.6) is 0 Å². The molecule has 3 aromatic rings. The molecule has 4 rings (SSSR count). The Hall–Kier alpha value is -3.41. The molecule has 2 aromatic carbocycles. The summed E-state index contributed by atoms with van der Waals surface area (Å²) in [5.41, 5.74) is 4.34. The molecule has 0 radical (unpaired) electrons. The van der Waals surface area contributed by atoms with Crippen molar-refractivity contribution >= 4 is 11.9 Å². The van der Waals surface area contributed by atoms with Crippen LogP contribution in [0.4, 0.5) is 0 Å². The van der Waals surface area contributed by atoms with Gasteiger partial charge in [0.05, 0.1) is 24.8 Å². The number of hydrogen-bond donors (Lipinski definition) is 1. The maximum atomic E-state index is 13.2. The van der Waals surface area contributed by atoms with Gasteiger partial charge in [0.15, 0.2) is 5.69 Å². The lowest BCUT2D eigenvalue weighted by molar-refractivity contribution is -0.143. The molecule has 0 aliphatic heterocycles. The molecule has 0 bridgehead atoms. The maximum Gasteiger partial charge on any atom is 0.308 e. The number of nitrogens with zero attached hydrogens (tertiary/aromatic N) is 2. The summed E-state index contributed by atoms with van der Waals surface area (Å²) in [7, 11) is 0. The van der Waals surface area contributed by atoms with Crippen LogP contribution in [0.3, 0.4) is 0 Å². The molecule has 1 aliphatic carbocycles. The predicted octanol–water partition coefficient (Wildman–Crippen LogP) is 3.79. The van der Waals surface area contributed by atoms with Crippen LogP contribution in [0.15, 0.2) is 60.7 Å². The molecular formula is C24H25N3O3. The second kappa shape index (κ2) is 8.95. The summed E-state index contributed by atoms with van der Waals surface area (Å²) < 4.78 is 6.98. The summed E-state index contributed by atoms with van der Waals surface area (Å²) in [5, 5.41) is 7.67. The van der Waals surface area contributed by atoms with Crippen LogP contribution in [0.25, 0.3) is 5.69 Å². The van der Waals surface area contributed by atoms with E-state index in [4.69, 9.17) is 4.74 Å². The fourth-order valence-corrected chi connectivity index (χ4v) is 3.95. The summed E-state index contributed by atoms with van der Waals surface area (Å²) in [6.07, 6.45) is 2.81. The van der Waals surface area contributed by atoms with Gasteiger partial charge in [-0.1, -0.05) is 48.5 Å². The molecule has 1 amide bonds. The number of carbonyl (C=O) groups excluding carboxylic acids is 2. The minimum absolute atomic E-state index is 0.0746. The van der Waals surface area contributed by atoms with E-state index in [9.17, 15) is 9.59 Å². The van der Waals surface area contributed by atoms with E-state index in [-0.39, 0.29) is 18.3 Å². The number of fused-ring (bicyclic) bond motifs is 1. The molecule has 30 heavy (non-hydrogen) atoms. The first-order valence-electron chi connectivity index (χ1n) is 10.3. The topological polar surface area (TPSA) is 73.2 Å². The highest BCUT2D eigenvalue weighted by Gasteiger charge is 2.29. The van der Waals surface area contributed by atoms with Crippen LogP contribution >= 0.6 is 0 Å². The molecule has 1 unspecified atom stereocenters. The average molecular weight is 403 g/mol. The average Bonchev–Trinajstić information content (AvgIpc) is 3.37. The number of hydrogen-bond acceptors (Lipinski definition) is 4. The molecular weight excluding hydrogens is 378 g/mol. The summed E-state index contributed by atoms with van der Waals surface area (Å²) in [6, 6.07) is 18.9. The van der Waals surface area contributed by atoms with Gasteiger partial charge in [0.2, 0.25) is 0 Å². The number of esters is 1. The minimum Gasteiger partial charge on any atom is -0.466 e. The molecule has 1 atom stereocenters. The molecule has 154 valence electrons. The van der Waals surface area contributed by atoms with Gasteiger partial charge >= 0.3 is 5.97 Å². The van der Waals surface area contributed by atoms with Crippen molar-refractivity contribution in [2.45, 2.75) is 38.6 Å². The molecule has 0 spiro atoms. The second-order valence-electron chi connectivity index (χ2n) is 7.32. The monoisotopic (exact) mass is 403 g/mol. The Morgan fingerprint density at radius 3 is 2.47 bits per heavy atom. The van der Waals surface area contributed by atoms with E-state index < -0.39 is 6.04 Å². The van der Waals surface area contributed by atoms with E-state index >= 15 is 0 Å². The SMILES string of the molecule is CCOC(=O)CC(NC(=O)c1nn(-c2ccccc2)c2c1CCC2)c1ccccc1. The number of nitrogens with one attached hydrogen (secondary N) is 1. The van der Waals surface area contributed by atoms with Crippen molar-refractivity contribution in [3.63, 3.8) is 0 Å².